The third-order valence-electron chi connectivity index (χ3n) is 4.34. The van der Waals surface area contributed by atoms with Crippen LogP contribution in [0.15, 0.2) is 29.7 Å². The second kappa shape index (κ2) is 7.99. The van der Waals surface area contributed by atoms with Crippen LogP contribution in [0.3, 0.4) is 0 Å². The lowest BCUT2D eigenvalue weighted by Crippen LogP contribution is -2.42. The van der Waals surface area contributed by atoms with E-state index in [1.54, 1.807) is 31.2 Å². The number of carbonyl (C=O) groups excluding carboxylic acids is 1. The minimum Gasteiger partial charge on any atom is -0.496 e. The molecule has 1 unspecified atom stereocenters. The van der Waals surface area contributed by atoms with Crippen molar-refractivity contribution < 1.29 is 18.7 Å². The van der Waals surface area contributed by atoms with E-state index in [0.717, 1.165) is 6.20 Å². The predicted molar refractivity (Wildman–Crippen MR) is 102 cm³/mol. The molecule has 1 atom stereocenters. The molecule has 3 heterocycles. The number of nitrogens with one attached hydrogen (secondary N) is 2. The van der Waals surface area contributed by atoms with Gasteiger partial charge in [0.15, 0.2) is 0 Å². The highest BCUT2D eigenvalue weighted by Crippen LogP contribution is 2.37. The number of hydrogen-bond acceptors (Lipinski definition) is 7. The maximum Gasteiger partial charge on any atom is 0.248 e. The van der Waals surface area contributed by atoms with Crippen molar-refractivity contribution in [3.05, 3.63) is 46.6 Å². The Labute approximate surface area is 166 Å². The van der Waals surface area contributed by atoms with Crippen LogP contribution >= 0.6 is 11.6 Å². The van der Waals surface area contributed by atoms with Gasteiger partial charge in [-0.25, -0.2) is 14.8 Å². The number of hydrogen-bond donors (Lipinski definition) is 2. The van der Waals surface area contributed by atoms with Crippen LogP contribution in [0.1, 0.15) is 11.1 Å². The Bertz CT molecular complexity index is 953. The van der Waals surface area contributed by atoms with Crippen molar-refractivity contribution in [2.45, 2.75) is 13.0 Å². The second-order valence-corrected chi connectivity index (χ2v) is 6.43. The van der Waals surface area contributed by atoms with Crippen molar-refractivity contribution in [3.63, 3.8) is 0 Å². The first kappa shape index (κ1) is 19.8. The van der Waals surface area contributed by atoms with Crippen LogP contribution in [0.4, 0.5) is 10.1 Å². The smallest absolute Gasteiger partial charge is 0.248 e. The van der Waals surface area contributed by atoms with Gasteiger partial charge in [0.25, 0.3) is 0 Å². The first-order valence-corrected chi connectivity index (χ1v) is 8.64. The summed E-state index contributed by atoms with van der Waals surface area (Å²) in [6.45, 7) is 1.55. The highest BCUT2D eigenvalue weighted by Gasteiger charge is 2.35. The normalized spacial score (nSPS) is 16.4. The molecule has 10 heteroatoms. The van der Waals surface area contributed by atoms with E-state index in [2.05, 4.69) is 20.7 Å². The maximum atomic E-state index is 13.7. The molecule has 0 spiro atoms. The summed E-state index contributed by atoms with van der Waals surface area (Å²) in [6.07, 6.45) is 4.01. The number of rotatable bonds is 5. The van der Waals surface area contributed by atoms with Crippen molar-refractivity contribution in [3.8, 4) is 11.6 Å². The second-order valence-electron chi connectivity index (χ2n) is 6.03. The van der Waals surface area contributed by atoms with Crippen molar-refractivity contribution in [2.75, 3.05) is 26.6 Å². The first-order chi connectivity index (χ1) is 13.4. The molecular weight excluding hydrogens is 389 g/mol. The van der Waals surface area contributed by atoms with Crippen LogP contribution in [0.5, 0.6) is 11.6 Å². The Balaban J connectivity index is 1.92. The molecule has 2 N–H and O–H groups in total. The molecule has 1 aliphatic heterocycles. The minimum absolute atomic E-state index is 0.243. The SMILES string of the molecule is COc1cc(OC)c(C2=C(Cl)C(C(=O)Nc3cncc(F)c3C)NN2C)cn1. The van der Waals surface area contributed by atoms with Crippen LogP contribution in [-0.4, -0.2) is 48.2 Å². The monoisotopic (exact) mass is 407 g/mol. The summed E-state index contributed by atoms with van der Waals surface area (Å²) in [7, 11) is 4.73. The molecule has 2 aromatic heterocycles. The Hall–Kier alpha value is -2.91. The summed E-state index contributed by atoms with van der Waals surface area (Å²) < 4.78 is 24.2. The third kappa shape index (κ3) is 3.58. The van der Waals surface area contributed by atoms with E-state index in [1.807, 2.05) is 0 Å². The highest BCUT2D eigenvalue weighted by molar-refractivity contribution is 6.36. The number of anilines is 1. The fraction of sp³-hybridized carbons (Fsp3) is 0.278. The van der Waals surface area contributed by atoms with Crippen molar-refractivity contribution in [2.24, 2.45) is 0 Å². The average molecular weight is 408 g/mol. The molecule has 0 saturated heterocycles. The average Bonchev–Trinajstić information content (AvgIpc) is 2.99. The fourth-order valence-corrected chi connectivity index (χ4v) is 3.18. The number of halogens is 2. The van der Waals surface area contributed by atoms with Crippen LogP contribution in [0.25, 0.3) is 5.70 Å². The number of aromatic nitrogens is 2. The van der Waals surface area contributed by atoms with Gasteiger partial charge in [0.05, 0.1) is 48.6 Å². The van der Waals surface area contributed by atoms with E-state index in [0.29, 0.717) is 22.9 Å². The number of hydrazine groups is 1. The lowest BCUT2D eigenvalue weighted by Gasteiger charge is -2.19. The van der Waals surface area contributed by atoms with Gasteiger partial charge in [-0.2, -0.15) is 0 Å². The third-order valence-corrected chi connectivity index (χ3v) is 4.73. The summed E-state index contributed by atoms with van der Waals surface area (Å²) in [5.74, 6) is -0.0948. The van der Waals surface area contributed by atoms with Gasteiger partial charge in [-0.3, -0.25) is 9.78 Å². The lowest BCUT2D eigenvalue weighted by atomic mass is 10.1. The number of methoxy groups -OCH3 is 2. The van der Waals surface area contributed by atoms with E-state index in [-0.39, 0.29) is 16.3 Å². The van der Waals surface area contributed by atoms with Gasteiger partial charge in [0.2, 0.25) is 11.8 Å². The van der Waals surface area contributed by atoms with E-state index >= 15 is 0 Å². The molecule has 0 radical (unpaired) electrons. The Kier molecular flexibility index (Phi) is 5.66. The summed E-state index contributed by atoms with van der Waals surface area (Å²) in [5.41, 5.74) is 4.65. The van der Waals surface area contributed by atoms with Crippen molar-refractivity contribution >= 4 is 28.9 Å². The zero-order chi connectivity index (χ0) is 20.4. The van der Waals surface area contributed by atoms with Gasteiger partial charge >= 0.3 is 0 Å². The summed E-state index contributed by atoms with van der Waals surface area (Å²) in [4.78, 5) is 20.7. The van der Waals surface area contributed by atoms with E-state index in [9.17, 15) is 9.18 Å². The molecule has 8 nitrogen and oxygen atoms in total. The topological polar surface area (TPSA) is 88.6 Å². The summed E-state index contributed by atoms with van der Waals surface area (Å²) in [5, 5.41) is 4.50. The largest absolute Gasteiger partial charge is 0.496 e. The van der Waals surface area contributed by atoms with Crippen LogP contribution < -0.4 is 20.2 Å². The summed E-state index contributed by atoms with van der Waals surface area (Å²) in [6, 6.07) is 0.742. The fourth-order valence-electron chi connectivity index (χ4n) is 2.80. The molecule has 1 amide bonds. The van der Waals surface area contributed by atoms with E-state index in [4.69, 9.17) is 21.1 Å². The number of nitrogens with zero attached hydrogens (tertiary/aromatic N) is 3. The molecule has 3 rings (SSSR count). The molecule has 1 aliphatic rings. The van der Waals surface area contributed by atoms with Gasteiger partial charge in [-0.1, -0.05) is 11.6 Å². The molecule has 0 aliphatic carbocycles. The van der Waals surface area contributed by atoms with Gasteiger partial charge in [0.1, 0.15) is 17.6 Å². The van der Waals surface area contributed by atoms with Gasteiger partial charge in [-0.05, 0) is 6.92 Å². The van der Waals surface area contributed by atoms with Crippen LogP contribution in [0, 0.1) is 12.7 Å². The first-order valence-electron chi connectivity index (χ1n) is 8.26. The number of ether oxygens (including phenoxy) is 2. The van der Waals surface area contributed by atoms with Gasteiger partial charge < -0.3 is 19.8 Å². The quantitative estimate of drug-likeness (QED) is 0.786. The van der Waals surface area contributed by atoms with Crippen LogP contribution in [0.2, 0.25) is 0 Å². The van der Waals surface area contributed by atoms with Crippen molar-refractivity contribution in [1.29, 1.82) is 0 Å². The Morgan fingerprint density at radius 3 is 2.75 bits per heavy atom. The number of amides is 1. The summed E-state index contributed by atoms with van der Waals surface area (Å²) >= 11 is 6.52. The molecular formula is C18H19ClFN5O3. The van der Waals surface area contributed by atoms with Gasteiger partial charge in [-0.15, -0.1) is 0 Å². The highest BCUT2D eigenvalue weighted by atomic mass is 35.5. The molecule has 0 aromatic carbocycles. The zero-order valence-corrected chi connectivity index (χ0v) is 16.5. The number of carbonyl (C=O) groups is 1. The molecule has 148 valence electrons. The molecule has 28 heavy (non-hydrogen) atoms. The molecule has 0 saturated carbocycles. The standard InChI is InChI=1S/C18H19ClFN5O3/c1-9-11(20)7-21-8-12(9)23-18(26)16-15(19)17(25(2)24-16)10-6-22-14(28-4)5-13(10)27-3/h5-8,16,24H,1-4H3,(H,23,26). The Morgan fingerprint density at radius 1 is 1.32 bits per heavy atom. The van der Waals surface area contributed by atoms with Gasteiger partial charge in [0, 0.05) is 24.9 Å². The van der Waals surface area contributed by atoms with Crippen LogP contribution in [-0.2, 0) is 4.79 Å². The maximum absolute atomic E-state index is 13.7. The molecule has 0 bridgehead atoms. The Morgan fingerprint density at radius 2 is 2.07 bits per heavy atom. The molecule has 2 aromatic rings. The minimum atomic E-state index is -0.879. The van der Waals surface area contributed by atoms with E-state index < -0.39 is 17.8 Å². The zero-order valence-electron chi connectivity index (χ0n) is 15.7. The molecule has 0 fully saturated rings. The van der Waals surface area contributed by atoms with Crippen molar-refractivity contribution in [1.82, 2.24) is 20.4 Å². The lowest BCUT2D eigenvalue weighted by molar-refractivity contribution is -0.117. The predicted octanol–water partition coefficient (Wildman–Crippen LogP) is 2.31. The number of pyridine rings is 2. The van der Waals surface area contributed by atoms with E-state index in [1.165, 1.54) is 20.4 Å².